The van der Waals surface area contributed by atoms with Crippen LogP contribution in [0.25, 0.3) is 0 Å². The van der Waals surface area contributed by atoms with Gasteiger partial charge in [0.05, 0.1) is 5.54 Å². The van der Waals surface area contributed by atoms with Crippen LogP contribution in [0.3, 0.4) is 0 Å². The van der Waals surface area contributed by atoms with Gasteiger partial charge in [-0.2, -0.15) is 0 Å². The molecule has 1 atom stereocenters. The molecule has 0 spiro atoms. The molecular weight excluding hydrogens is 176 g/mol. The van der Waals surface area contributed by atoms with Crippen molar-refractivity contribution < 1.29 is 4.79 Å². The second kappa shape index (κ2) is 4.30. The highest BCUT2D eigenvalue weighted by molar-refractivity contribution is 5.86. The van der Waals surface area contributed by atoms with Gasteiger partial charge in [-0.25, -0.2) is 0 Å². The molecule has 0 bridgehead atoms. The summed E-state index contributed by atoms with van der Waals surface area (Å²) in [4.78, 5) is 11.7. The average Bonchev–Trinajstić information content (AvgIpc) is 2.85. The van der Waals surface area contributed by atoms with Crippen molar-refractivity contribution in [2.45, 2.75) is 45.6 Å². The van der Waals surface area contributed by atoms with E-state index in [1.54, 1.807) is 0 Å². The minimum atomic E-state index is -0.642. The SMILES string of the molecule is CC(C)CCNC(=O)C(C)(N)C1CC1. The number of carbonyl (C=O) groups excluding carboxylic acids is 1. The van der Waals surface area contributed by atoms with Crippen LogP contribution in [0.2, 0.25) is 0 Å². The van der Waals surface area contributed by atoms with Gasteiger partial charge < -0.3 is 11.1 Å². The van der Waals surface area contributed by atoms with E-state index in [4.69, 9.17) is 5.73 Å². The van der Waals surface area contributed by atoms with E-state index in [1.807, 2.05) is 6.92 Å². The summed E-state index contributed by atoms with van der Waals surface area (Å²) in [5.41, 5.74) is 5.33. The van der Waals surface area contributed by atoms with Crippen LogP contribution in [0.15, 0.2) is 0 Å². The highest BCUT2D eigenvalue weighted by Gasteiger charge is 2.43. The minimum absolute atomic E-state index is 0.0145. The molecule has 0 saturated heterocycles. The summed E-state index contributed by atoms with van der Waals surface area (Å²) < 4.78 is 0. The number of hydrogen-bond donors (Lipinski definition) is 2. The Morgan fingerprint density at radius 1 is 1.57 bits per heavy atom. The zero-order valence-corrected chi connectivity index (χ0v) is 9.47. The Bertz CT molecular complexity index is 207. The third-order valence-corrected chi connectivity index (χ3v) is 2.92. The summed E-state index contributed by atoms with van der Waals surface area (Å²) in [6, 6.07) is 0. The molecule has 0 heterocycles. The molecule has 1 rings (SSSR count). The molecule has 3 heteroatoms. The van der Waals surface area contributed by atoms with Crippen LogP contribution in [0, 0.1) is 11.8 Å². The molecule has 3 nitrogen and oxygen atoms in total. The number of rotatable bonds is 5. The third kappa shape index (κ3) is 2.98. The maximum absolute atomic E-state index is 11.7. The molecule has 0 aliphatic heterocycles. The molecule has 0 radical (unpaired) electrons. The molecule has 1 fully saturated rings. The summed E-state index contributed by atoms with van der Waals surface area (Å²) in [5, 5.41) is 2.91. The van der Waals surface area contributed by atoms with E-state index in [-0.39, 0.29) is 5.91 Å². The third-order valence-electron chi connectivity index (χ3n) is 2.92. The maximum Gasteiger partial charge on any atom is 0.240 e. The van der Waals surface area contributed by atoms with E-state index in [0.717, 1.165) is 25.8 Å². The molecule has 0 aromatic rings. The molecule has 1 amide bonds. The van der Waals surface area contributed by atoms with Crippen LogP contribution >= 0.6 is 0 Å². The lowest BCUT2D eigenvalue weighted by atomic mass is 9.96. The van der Waals surface area contributed by atoms with E-state index in [1.165, 1.54) is 0 Å². The zero-order valence-electron chi connectivity index (χ0n) is 9.47. The molecule has 82 valence electrons. The van der Waals surface area contributed by atoms with Crippen molar-refractivity contribution in [3.8, 4) is 0 Å². The van der Waals surface area contributed by atoms with E-state index in [0.29, 0.717) is 11.8 Å². The Morgan fingerprint density at radius 3 is 2.57 bits per heavy atom. The molecule has 14 heavy (non-hydrogen) atoms. The summed E-state index contributed by atoms with van der Waals surface area (Å²) >= 11 is 0. The fourth-order valence-electron chi connectivity index (χ4n) is 1.53. The Hall–Kier alpha value is -0.570. The maximum atomic E-state index is 11.7. The van der Waals surface area contributed by atoms with Gasteiger partial charge in [-0.05, 0) is 38.0 Å². The number of carbonyl (C=O) groups is 1. The van der Waals surface area contributed by atoms with Crippen molar-refractivity contribution in [1.29, 1.82) is 0 Å². The predicted octanol–water partition coefficient (Wildman–Crippen LogP) is 1.28. The first-order chi connectivity index (χ1) is 6.44. The van der Waals surface area contributed by atoms with Crippen molar-refractivity contribution in [2.24, 2.45) is 17.6 Å². The molecular formula is C11H22N2O. The van der Waals surface area contributed by atoms with Gasteiger partial charge in [-0.1, -0.05) is 13.8 Å². The van der Waals surface area contributed by atoms with Gasteiger partial charge in [-0.15, -0.1) is 0 Å². The molecule has 3 N–H and O–H groups in total. The number of hydrogen-bond acceptors (Lipinski definition) is 2. The van der Waals surface area contributed by atoms with Crippen LogP contribution < -0.4 is 11.1 Å². The molecule has 1 aliphatic carbocycles. The standard InChI is InChI=1S/C11H22N2O/c1-8(2)6-7-13-10(14)11(3,12)9-4-5-9/h8-9H,4-7,12H2,1-3H3,(H,13,14). The van der Waals surface area contributed by atoms with Crippen LogP contribution in [0.5, 0.6) is 0 Å². The van der Waals surface area contributed by atoms with Crippen molar-refractivity contribution >= 4 is 5.91 Å². The highest BCUT2D eigenvalue weighted by atomic mass is 16.2. The Balaban J connectivity index is 2.26. The average molecular weight is 198 g/mol. The Kier molecular flexibility index (Phi) is 3.53. The van der Waals surface area contributed by atoms with Gasteiger partial charge in [0.2, 0.25) is 5.91 Å². The molecule has 0 aromatic carbocycles. The van der Waals surface area contributed by atoms with Gasteiger partial charge in [0.15, 0.2) is 0 Å². The normalized spacial score (nSPS) is 20.6. The fourth-order valence-corrected chi connectivity index (χ4v) is 1.53. The van der Waals surface area contributed by atoms with Crippen molar-refractivity contribution in [1.82, 2.24) is 5.32 Å². The highest BCUT2D eigenvalue weighted by Crippen LogP contribution is 2.38. The lowest BCUT2D eigenvalue weighted by Gasteiger charge is -2.23. The van der Waals surface area contributed by atoms with Gasteiger partial charge >= 0.3 is 0 Å². The quantitative estimate of drug-likeness (QED) is 0.699. The zero-order chi connectivity index (χ0) is 10.8. The van der Waals surface area contributed by atoms with Crippen LogP contribution in [-0.2, 0) is 4.79 Å². The van der Waals surface area contributed by atoms with Crippen molar-refractivity contribution in [2.75, 3.05) is 6.54 Å². The second-order valence-corrected chi connectivity index (χ2v) is 5.00. The largest absolute Gasteiger partial charge is 0.354 e. The predicted molar refractivity (Wildman–Crippen MR) is 57.8 cm³/mol. The lowest BCUT2D eigenvalue weighted by Crippen LogP contribution is -2.53. The summed E-state index contributed by atoms with van der Waals surface area (Å²) in [5.74, 6) is 1.04. The van der Waals surface area contributed by atoms with Crippen molar-refractivity contribution in [3.05, 3.63) is 0 Å². The van der Waals surface area contributed by atoms with Gasteiger partial charge in [0, 0.05) is 6.54 Å². The molecule has 1 aliphatic rings. The molecule has 0 aromatic heterocycles. The summed E-state index contributed by atoms with van der Waals surface area (Å²) in [6.45, 7) is 6.88. The first kappa shape index (κ1) is 11.5. The van der Waals surface area contributed by atoms with E-state index >= 15 is 0 Å². The summed E-state index contributed by atoms with van der Waals surface area (Å²) in [6.07, 6.45) is 3.22. The number of amides is 1. The monoisotopic (exact) mass is 198 g/mol. The number of nitrogens with two attached hydrogens (primary N) is 1. The van der Waals surface area contributed by atoms with E-state index in [9.17, 15) is 4.79 Å². The fraction of sp³-hybridized carbons (Fsp3) is 0.909. The Labute approximate surface area is 86.4 Å². The van der Waals surface area contributed by atoms with Gasteiger partial charge in [0.1, 0.15) is 0 Å². The van der Waals surface area contributed by atoms with Crippen LogP contribution in [-0.4, -0.2) is 18.0 Å². The minimum Gasteiger partial charge on any atom is -0.354 e. The van der Waals surface area contributed by atoms with Crippen LogP contribution in [0.4, 0.5) is 0 Å². The topological polar surface area (TPSA) is 55.1 Å². The number of nitrogens with one attached hydrogen (secondary N) is 1. The van der Waals surface area contributed by atoms with E-state index in [2.05, 4.69) is 19.2 Å². The smallest absolute Gasteiger partial charge is 0.240 e. The lowest BCUT2D eigenvalue weighted by molar-refractivity contribution is -0.126. The molecule has 1 unspecified atom stereocenters. The van der Waals surface area contributed by atoms with E-state index < -0.39 is 5.54 Å². The van der Waals surface area contributed by atoms with Crippen molar-refractivity contribution in [3.63, 3.8) is 0 Å². The Morgan fingerprint density at radius 2 is 2.14 bits per heavy atom. The first-order valence-corrected chi connectivity index (χ1v) is 5.51. The van der Waals surface area contributed by atoms with Crippen LogP contribution in [0.1, 0.15) is 40.0 Å². The van der Waals surface area contributed by atoms with Gasteiger partial charge in [-0.3, -0.25) is 4.79 Å². The first-order valence-electron chi connectivity index (χ1n) is 5.51. The second-order valence-electron chi connectivity index (χ2n) is 5.00. The summed E-state index contributed by atoms with van der Waals surface area (Å²) in [7, 11) is 0. The molecule has 1 saturated carbocycles. The van der Waals surface area contributed by atoms with Gasteiger partial charge in [0.25, 0.3) is 0 Å².